The molecule has 0 aliphatic carbocycles. The number of nitrogens with one attached hydrogen (secondary N) is 2. The molecule has 1 aromatic rings. The van der Waals surface area contributed by atoms with Gasteiger partial charge in [0.15, 0.2) is 6.61 Å². The van der Waals surface area contributed by atoms with Gasteiger partial charge in [0.25, 0.3) is 5.91 Å². The Labute approximate surface area is 143 Å². The fourth-order valence-corrected chi connectivity index (χ4v) is 2.20. The van der Waals surface area contributed by atoms with Gasteiger partial charge in [-0.1, -0.05) is 28.1 Å². The van der Waals surface area contributed by atoms with Crippen molar-refractivity contribution in [3.63, 3.8) is 0 Å². The van der Waals surface area contributed by atoms with Crippen LogP contribution in [0.4, 0.5) is 4.79 Å². The molecule has 0 unspecified atom stereocenters. The largest absolute Gasteiger partial charge is 0.452 e. The fraction of sp³-hybridized carbons (Fsp3) is 0.312. The summed E-state index contributed by atoms with van der Waals surface area (Å²) in [6.07, 6.45) is 2.80. The van der Waals surface area contributed by atoms with Gasteiger partial charge in [-0.2, -0.15) is 0 Å². The highest BCUT2D eigenvalue weighted by Crippen LogP contribution is 2.19. The van der Waals surface area contributed by atoms with Gasteiger partial charge in [-0.05, 0) is 44.0 Å². The Morgan fingerprint density at radius 1 is 1.30 bits per heavy atom. The van der Waals surface area contributed by atoms with Gasteiger partial charge in [0.2, 0.25) is 0 Å². The average molecular weight is 383 g/mol. The average Bonchev–Trinajstić information content (AvgIpc) is 2.43. The number of rotatable bonds is 5. The smallest absolute Gasteiger partial charge is 0.331 e. The summed E-state index contributed by atoms with van der Waals surface area (Å²) >= 11 is 3.39. The lowest BCUT2D eigenvalue weighted by Gasteiger charge is -2.08. The molecule has 2 N–H and O–H groups in total. The van der Waals surface area contributed by atoms with E-state index >= 15 is 0 Å². The molecule has 0 fully saturated rings. The third-order valence-corrected chi connectivity index (χ3v) is 3.26. The van der Waals surface area contributed by atoms with Crippen LogP contribution in [0.25, 0.3) is 6.08 Å². The van der Waals surface area contributed by atoms with Crippen molar-refractivity contribution in [2.75, 3.05) is 6.61 Å². The number of carbonyl (C=O) groups is 3. The fourth-order valence-electron chi connectivity index (χ4n) is 1.57. The Morgan fingerprint density at radius 2 is 2.00 bits per heavy atom. The summed E-state index contributed by atoms with van der Waals surface area (Å²) in [4.78, 5) is 34.3. The molecular formula is C16H19BrN2O4. The van der Waals surface area contributed by atoms with Crippen LogP contribution in [0.3, 0.4) is 0 Å². The lowest BCUT2D eigenvalue weighted by Crippen LogP contribution is -2.43. The molecule has 7 heteroatoms. The van der Waals surface area contributed by atoms with Gasteiger partial charge in [0.1, 0.15) is 0 Å². The van der Waals surface area contributed by atoms with Crippen LogP contribution in [0.15, 0.2) is 28.7 Å². The van der Waals surface area contributed by atoms with Crippen LogP contribution in [0.2, 0.25) is 0 Å². The summed E-state index contributed by atoms with van der Waals surface area (Å²) in [6, 6.07) is 4.97. The zero-order valence-electron chi connectivity index (χ0n) is 13.2. The van der Waals surface area contributed by atoms with Crippen molar-refractivity contribution in [2.24, 2.45) is 0 Å². The lowest BCUT2D eigenvalue weighted by molar-refractivity contribution is -0.143. The molecule has 0 bridgehead atoms. The predicted octanol–water partition coefficient (Wildman–Crippen LogP) is 2.55. The van der Waals surface area contributed by atoms with E-state index < -0.39 is 24.5 Å². The van der Waals surface area contributed by atoms with Crippen molar-refractivity contribution in [2.45, 2.75) is 26.8 Å². The number of ether oxygens (including phenoxy) is 1. The minimum Gasteiger partial charge on any atom is -0.452 e. The number of esters is 1. The van der Waals surface area contributed by atoms with Crippen molar-refractivity contribution in [1.82, 2.24) is 10.6 Å². The molecule has 0 heterocycles. The molecule has 0 aliphatic rings. The SMILES string of the molecule is Cc1ccc(/C=C/C(=O)OCC(=O)NC(=O)NC(C)C)c(Br)c1. The Balaban J connectivity index is 2.43. The Hall–Kier alpha value is -2.15. The topological polar surface area (TPSA) is 84.5 Å². The second kappa shape index (κ2) is 9.09. The maximum absolute atomic E-state index is 11.6. The van der Waals surface area contributed by atoms with E-state index in [1.165, 1.54) is 6.08 Å². The van der Waals surface area contributed by atoms with E-state index in [1.807, 2.05) is 25.1 Å². The van der Waals surface area contributed by atoms with Gasteiger partial charge in [-0.3, -0.25) is 10.1 Å². The van der Waals surface area contributed by atoms with E-state index in [0.717, 1.165) is 15.6 Å². The van der Waals surface area contributed by atoms with Crippen molar-refractivity contribution in [3.8, 4) is 0 Å². The molecular weight excluding hydrogens is 364 g/mol. The molecule has 23 heavy (non-hydrogen) atoms. The van der Waals surface area contributed by atoms with Gasteiger partial charge < -0.3 is 10.1 Å². The highest BCUT2D eigenvalue weighted by molar-refractivity contribution is 9.10. The Morgan fingerprint density at radius 3 is 2.61 bits per heavy atom. The molecule has 3 amide bonds. The molecule has 0 spiro atoms. The first-order valence-corrected chi connectivity index (χ1v) is 7.78. The molecule has 1 rings (SSSR count). The van der Waals surface area contributed by atoms with Gasteiger partial charge in [0.05, 0.1) is 0 Å². The van der Waals surface area contributed by atoms with E-state index in [4.69, 9.17) is 4.74 Å². The Bertz CT molecular complexity index is 627. The third-order valence-electron chi connectivity index (χ3n) is 2.57. The van der Waals surface area contributed by atoms with Crippen LogP contribution < -0.4 is 10.6 Å². The molecule has 0 saturated carbocycles. The summed E-state index contributed by atoms with van der Waals surface area (Å²) in [7, 11) is 0. The van der Waals surface area contributed by atoms with Gasteiger partial charge >= 0.3 is 12.0 Å². The lowest BCUT2D eigenvalue weighted by atomic mass is 10.1. The molecule has 0 radical (unpaired) electrons. The molecule has 0 aromatic heterocycles. The van der Waals surface area contributed by atoms with Crippen LogP contribution in [0.1, 0.15) is 25.0 Å². The molecule has 0 aliphatic heterocycles. The molecule has 124 valence electrons. The maximum atomic E-state index is 11.6. The van der Waals surface area contributed by atoms with Crippen LogP contribution >= 0.6 is 15.9 Å². The van der Waals surface area contributed by atoms with E-state index in [-0.39, 0.29) is 6.04 Å². The second-order valence-electron chi connectivity index (χ2n) is 5.14. The highest BCUT2D eigenvalue weighted by atomic mass is 79.9. The molecule has 1 aromatic carbocycles. The van der Waals surface area contributed by atoms with E-state index in [2.05, 4.69) is 26.6 Å². The first-order chi connectivity index (χ1) is 10.8. The quantitative estimate of drug-likeness (QED) is 0.605. The zero-order valence-corrected chi connectivity index (χ0v) is 14.8. The molecule has 0 atom stereocenters. The highest BCUT2D eigenvalue weighted by Gasteiger charge is 2.10. The zero-order chi connectivity index (χ0) is 17.4. The first kappa shape index (κ1) is 18.9. The number of amides is 3. The van der Waals surface area contributed by atoms with Gasteiger partial charge in [0, 0.05) is 16.6 Å². The number of hydrogen-bond donors (Lipinski definition) is 2. The summed E-state index contributed by atoms with van der Waals surface area (Å²) in [5, 5.41) is 4.55. The van der Waals surface area contributed by atoms with Gasteiger partial charge in [-0.15, -0.1) is 0 Å². The van der Waals surface area contributed by atoms with Crippen LogP contribution in [-0.4, -0.2) is 30.6 Å². The number of carbonyl (C=O) groups excluding carboxylic acids is 3. The first-order valence-electron chi connectivity index (χ1n) is 6.99. The third kappa shape index (κ3) is 7.60. The van der Waals surface area contributed by atoms with E-state index in [1.54, 1.807) is 19.9 Å². The van der Waals surface area contributed by atoms with E-state index in [9.17, 15) is 14.4 Å². The number of hydrogen-bond acceptors (Lipinski definition) is 4. The van der Waals surface area contributed by atoms with Crippen LogP contribution in [0.5, 0.6) is 0 Å². The summed E-state index contributed by atoms with van der Waals surface area (Å²) in [5.41, 5.74) is 1.90. The van der Waals surface area contributed by atoms with Crippen LogP contribution in [0, 0.1) is 6.92 Å². The number of aryl methyl sites for hydroxylation is 1. The number of benzene rings is 1. The molecule has 0 saturated heterocycles. The van der Waals surface area contributed by atoms with Crippen molar-refractivity contribution < 1.29 is 19.1 Å². The van der Waals surface area contributed by atoms with Crippen LogP contribution in [-0.2, 0) is 14.3 Å². The normalized spacial score (nSPS) is 10.7. The minimum absolute atomic E-state index is 0.0961. The number of urea groups is 1. The summed E-state index contributed by atoms with van der Waals surface area (Å²) < 4.78 is 5.61. The van der Waals surface area contributed by atoms with Crippen molar-refractivity contribution in [1.29, 1.82) is 0 Å². The number of halogens is 1. The number of imide groups is 1. The predicted molar refractivity (Wildman–Crippen MR) is 90.7 cm³/mol. The van der Waals surface area contributed by atoms with Crippen molar-refractivity contribution in [3.05, 3.63) is 39.9 Å². The summed E-state index contributed by atoms with van der Waals surface area (Å²) in [5.74, 6) is -1.36. The monoisotopic (exact) mass is 382 g/mol. The van der Waals surface area contributed by atoms with Crippen molar-refractivity contribution >= 4 is 39.9 Å². The second-order valence-corrected chi connectivity index (χ2v) is 6.00. The standard InChI is InChI=1S/C16H19BrN2O4/c1-10(2)18-16(22)19-14(20)9-23-15(21)7-6-12-5-4-11(3)8-13(12)17/h4-8,10H,9H2,1-3H3,(H2,18,19,20,22)/b7-6+. The minimum atomic E-state index is -0.693. The maximum Gasteiger partial charge on any atom is 0.331 e. The van der Waals surface area contributed by atoms with E-state index in [0.29, 0.717) is 0 Å². The molecule has 6 nitrogen and oxygen atoms in total. The van der Waals surface area contributed by atoms with Gasteiger partial charge in [-0.25, -0.2) is 9.59 Å². The Kier molecular flexibility index (Phi) is 7.47. The summed E-state index contributed by atoms with van der Waals surface area (Å²) in [6.45, 7) is 4.96.